The minimum absolute atomic E-state index is 0.687. The maximum Gasteiger partial charge on any atom is 0.0369 e. The Morgan fingerprint density at radius 3 is 2.73 bits per heavy atom. The number of anilines is 1. The topological polar surface area (TPSA) is 29.3 Å². The molecule has 0 bridgehead atoms. The Balaban J connectivity index is 2.13. The van der Waals surface area contributed by atoms with Gasteiger partial charge >= 0.3 is 0 Å². The molecule has 1 atom stereocenters. The van der Waals surface area contributed by atoms with Gasteiger partial charge in [-0.2, -0.15) is 0 Å². The summed E-state index contributed by atoms with van der Waals surface area (Å²) in [6.07, 6.45) is 1.24. The van der Waals surface area contributed by atoms with Crippen LogP contribution < -0.4 is 10.6 Å². The SMILES string of the molecule is Cc1ccc(N2CC[C@H](CN)C2)cc1C. The van der Waals surface area contributed by atoms with E-state index in [4.69, 9.17) is 5.73 Å². The lowest BCUT2D eigenvalue weighted by Crippen LogP contribution is -2.22. The van der Waals surface area contributed by atoms with Crippen LogP contribution >= 0.6 is 0 Å². The summed E-state index contributed by atoms with van der Waals surface area (Å²) in [6, 6.07) is 6.72. The lowest BCUT2D eigenvalue weighted by atomic mass is 10.1. The van der Waals surface area contributed by atoms with E-state index in [2.05, 4.69) is 36.9 Å². The zero-order chi connectivity index (χ0) is 10.8. The molecule has 1 heterocycles. The molecule has 0 unspecified atom stereocenters. The van der Waals surface area contributed by atoms with Gasteiger partial charge in [0.05, 0.1) is 0 Å². The van der Waals surface area contributed by atoms with Gasteiger partial charge in [0.15, 0.2) is 0 Å². The van der Waals surface area contributed by atoms with Gasteiger partial charge in [0, 0.05) is 18.8 Å². The third kappa shape index (κ3) is 2.15. The van der Waals surface area contributed by atoms with Crippen LogP contribution in [-0.2, 0) is 0 Å². The molecule has 0 saturated carbocycles. The van der Waals surface area contributed by atoms with Crippen molar-refractivity contribution in [3.8, 4) is 0 Å². The van der Waals surface area contributed by atoms with Crippen LogP contribution in [0.4, 0.5) is 5.69 Å². The lowest BCUT2D eigenvalue weighted by Gasteiger charge is -2.19. The molecule has 0 aromatic heterocycles. The van der Waals surface area contributed by atoms with Gasteiger partial charge in [-0.1, -0.05) is 6.07 Å². The number of hydrogen-bond donors (Lipinski definition) is 1. The summed E-state index contributed by atoms with van der Waals surface area (Å²) in [4.78, 5) is 2.45. The van der Waals surface area contributed by atoms with Crippen LogP contribution in [0.5, 0.6) is 0 Å². The normalized spacial score (nSPS) is 21.0. The molecule has 15 heavy (non-hydrogen) atoms. The van der Waals surface area contributed by atoms with Crippen LogP contribution in [0.25, 0.3) is 0 Å². The minimum Gasteiger partial charge on any atom is -0.371 e. The molecular formula is C13H20N2. The minimum atomic E-state index is 0.687. The fourth-order valence-electron chi connectivity index (χ4n) is 2.18. The fraction of sp³-hybridized carbons (Fsp3) is 0.538. The van der Waals surface area contributed by atoms with Crippen molar-refractivity contribution in [2.45, 2.75) is 20.3 Å². The quantitative estimate of drug-likeness (QED) is 0.799. The van der Waals surface area contributed by atoms with Crippen LogP contribution in [0.15, 0.2) is 18.2 Å². The summed E-state index contributed by atoms with van der Waals surface area (Å²) in [5.41, 5.74) is 9.80. The zero-order valence-electron chi connectivity index (χ0n) is 9.66. The number of nitrogens with two attached hydrogens (primary N) is 1. The summed E-state index contributed by atoms with van der Waals surface area (Å²) < 4.78 is 0. The zero-order valence-corrected chi connectivity index (χ0v) is 9.66. The summed E-state index contributed by atoms with van der Waals surface area (Å²) in [5.74, 6) is 0.687. The van der Waals surface area contributed by atoms with Crippen molar-refractivity contribution in [3.63, 3.8) is 0 Å². The van der Waals surface area contributed by atoms with E-state index in [-0.39, 0.29) is 0 Å². The third-order valence-electron chi connectivity index (χ3n) is 3.47. The first kappa shape index (κ1) is 10.5. The molecule has 2 heteroatoms. The highest BCUT2D eigenvalue weighted by Gasteiger charge is 2.21. The van der Waals surface area contributed by atoms with Gasteiger partial charge in [0.25, 0.3) is 0 Å². The van der Waals surface area contributed by atoms with Gasteiger partial charge in [-0.05, 0) is 56.0 Å². The Hall–Kier alpha value is -1.02. The average molecular weight is 204 g/mol. The lowest BCUT2D eigenvalue weighted by molar-refractivity contribution is 0.602. The predicted octanol–water partition coefficient (Wildman–Crippen LogP) is 2.09. The second-order valence-corrected chi connectivity index (χ2v) is 4.60. The molecule has 1 aliphatic rings. The van der Waals surface area contributed by atoms with Crippen molar-refractivity contribution in [1.29, 1.82) is 0 Å². The largest absolute Gasteiger partial charge is 0.371 e. The molecule has 2 nitrogen and oxygen atoms in total. The van der Waals surface area contributed by atoms with Gasteiger partial charge in [-0.3, -0.25) is 0 Å². The van der Waals surface area contributed by atoms with E-state index in [9.17, 15) is 0 Å². The van der Waals surface area contributed by atoms with Crippen molar-refractivity contribution < 1.29 is 0 Å². The standard InChI is InChI=1S/C13H20N2/c1-10-3-4-13(7-11(10)2)15-6-5-12(8-14)9-15/h3-4,7,12H,5-6,8-9,14H2,1-2H3/t12-/m1/s1. The molecule has 1 aromatic rings. The van der Waals surface area contributed by atoms with E-state index in [0.29, 0.717) is 5.92 Å². The monoisotopic (exact) mass is 204 g/mol. The first-order valence-corrected chi connectivity index (χ1v) is 5.73. The summed E-state index contributed by atoms with van der Waals surface area (Å²) >= 11 is 0. The number of nitrogens with zero attached hydrogens (tertiary/aromatic N) is 1. The van der Waals surface area contributed by atoms with Crippen LogP contribution in [0.2, 0.25) is 0 Å². The molecule has 82 valence electrons. The molecule has 1 aromatic carbocycles. The Labute approximate surface area is 92.1 Å². The third-order valence-corrected chi connectivity index (χ3v) is 3.47. The van der Waals surface area contributed by atoms with Gasteiger partial charge < -0.3 is 10.6 Å². The van der Waals surface area contributed by atoms with E-state index >= 15 is 0 Å². The van der Waals surface area contributed by atoms with Crippen molar-refractivity contribution in [1.82, 2.24) is 0 Å². The Morgan fingerprint density at radius 1 is 1.33 bits per heavy atom. The second kappa shape index (κ2) is 4.23. The smallest absolute Gasteiger partial charge is 0.0369 e. The molecule has 0 aliphatic carbocycles. The van der Waals surface area contributed by atoms with Crippen molar-refractivity contribution in [2.24, 2.45) is 11.7 Å². The first-order valence-electron chi connectivity index (χ1n) is 5.73. The summed E-state index contributed by atoms with van der Waals surface area (Å²) in [5, 5.41) is 0. The van der Waals surface area contributed by atoms with E-state index in [0.717, 1.165) is 19.6 Å². The molecule has 1 saturated heterocycles. The van der Waals surface area contributed by atoms with Gasteiger partial charge in [0.1, 0.15) is 0 Å². The second-order valence-electron chi connectivity index (χ2n) is 4.60. The maximum absolute atomic E-state index is 5.70. The molecule has 2 rings (SSSR count). The Bertz CT molecular complexity index is 346. The van der Waals surface area contributed by atoms with Crippen molar-refractivity contribution in [3.05, 3.63) is 29.3 Å². The molecule has 1 aliphatic heterocycles. The summed E-state index contributed by atoms with van der Waals surface area (Å²) in [7, 11) is 0. The Kier molecular flexibility index (Phi) is 2.96. The first-order chi connectivity index (χ1) is 7.20. The number of aryl methyl sites for hydroxylation is 2. The van der Waals surface area contributed by atoms with E-state index in [1.54, 1.807) is 0 Å². The summed E-state index contributed by atoms with van der Waals surface area (Å²) in [6.45, 7) is 7.44. The van der Waals surface area contributed by atoms with E-state index < -0.39 is 0 Å². The van der Waals surface area contributed by atoms with Crippen LogP contribution in [0.1, 0.15) is 17.5 Å². The van der Waals surface area contributed by atoms with Crippen molar-refractivity contribution >= 4 is 5.69 Å². The molecular weight excluding hydrogens is 184 g/mol. The number of rotatable bonds is 2. The van der Waals surface area contributed by atoms with Gasteiger partial charge in [-0.15, -0.1) is 0 Å². The average Bonchev–Trinajstić information content (AvgIpc) is 2.70. The van der Waals surface area contributed by atoms with Crippen LogP contribution in [-0.4, -0.2) is 19.6 Å². The van der Waals surface area contributed by atoms with Crippen LogP contribution in [0, 0.1) is 19.8 Å². The Morgan fingerprint density at radius 2 is 2.13 bits per heavy atom. The van der Waals surface area contributed by atoms with E-state index in [1.807, 2.05) is 0 Å². The highest BCUT2D eigenvalue weighted by molar-refractivity contribution is 5.51. The van der Waals surface area contributed by atoms with E-state index in [1.165, 1.54) is 23.2 Å². The van der Waals surface area contributed by atoms with Gasteiger partial charge in [-0.25, -0.2) is 0 Å². The van der Waals surface area contributed by atoms with Crippen molar-refractivity contribution in [2.75, 3.05) is 24.5 Å². The highest BCUT2D eigenvalue weighted by Crippen LogP contribution is 2.24. The van der Waals surface area contributed by atoms with Crippen LogP contribution in [0.3, 0.4) is 0 Å². The molecule has 1 fully saturated rings. The van der Waals surface area contributed by atoms with Gasteiger partial charge in [0.2, 0.25) is 0 Å². The maximum atomic E-state index is 5.70. The predicted molar refractivity (Wildman–Crippen MR) is 65.3 cm³/mol. The molecule has 2 N–H and O–H groups in total. The molecule has 0 radical (unpaired) electrons. The fourth-order valence-corrected chi connectivity index (χ4v) is 2.18. The molecule has 0 spiro atoms. The number of benzene rings is 1. The molecule has 0 amide bonds. The highest BCUT2D eigenvalue weighted by atomic mass is 15.2. The number of hydrogen-bond acceptors (Lipinski definition) is 2.